The zero-order valence-corrected chi connectivity index (χ0v) is 17.0. The normalized spacial score (nSPS) is 9.68. The first kappa shape index (κ1) is 29.3. The van der Waals surface area contributed by atoms with E-state index in [-0.39, 0.29) is 18.9 Å². The smallest absolute Gasteiger partial charge is 0.550 e. The van der Waals surface area contributed by atoms with E-state index in [0.717, 1.165) is 19.8 Å². The average Bonchev–Trinajstić information content (AvgIpc) is 2.50. The van der Waals surface area contributed by atoms with Gasteiger partial charge in [-0.25, -0.2) is 0 Å². The van der Waals surface area contributed by atoms with Gasteiger partial charge in [0, 0.05) is 12.4 Å². The molecule has 4 nitrogen and oxygen atoms in total. The number of unbranched alkanes of at least 4 members (excludes halogenated alkanes) is 14. The van der Waals surface area contributed by atoms with Crippen LogP contribution >= 0.6 is 0 Å². The molecule has 5 heteroatoms. The number of aliphatic carboxylic acids is 2. The van der Waals surface area contributed by atoms with Crippen molar-refractivity contribution in [1.82, 2.24) is 0 Å². The number of carbonyl (C=O) groups excluding carboxylic acids is 1. The molecule has 0 amide bonds. The third-order valence-electron chi connectivity index (χ3n) is 3.99. The maximum Gasteiger partial charge on any atom is 1.00 e. The molecule has 0 bridgehead atoms. The first-order valence-electron chi connectivity index (χ1n) is 9.90. The summed E-state index contributed by atoms with van der Waals surface area (Å²) in [5, 5.41) is 17.4. The minimum absolute atomic E-state index is 0. The summed E-state index contributed by atoms with van der Waals surface area (Å²) in [4.78, 5) is 19.2. The number of rotatable bonds is 16. The molecule has 0 aromatic heterocycles. The first-order chi connectivity index (χ1) is 11.5. The van der Waals surface area contributed by atoms with Gasteiger partial charge in [0.05, 0.1) is 0 Å². The summed E-state index contributed by atoms with van der Waals surface area (Å²) in [5.41, 5.74) is 0. The van der Waals surface area contributed by atoms with Crippen LogP contribution in [0, 0.1) is 0 Å². The summed E-state index contributed by atoms with van der Waals surface area (Å²) in [7, 11) is 0. The van der Waals surface area contributed by atoms with Gasteiger partial charge in [0.25, 0.3) is 0 Å². The first-order valence-corrected chi connectivity index (χ1v) is 9.90. The van der Waals surface area contributed by atoms with Gasteiger partial charge in [-0.3, -0.25) is 4.79 Å². The third-order valence-corrected chi connectivity index (χ3v) is 3.99. The molecule has 0 aromatic carbocycles. The standard InChI is InChI=1S/C18H36O2.C2H4O2.Li/c1-2-3-4-5-6-7-8-9-10-11-12-13-14-15-16-17-18(19)20;1-2(3)4;/h2-17H2,1H3,(H,19,20);1H3,(H,3,4);/q;;+1/p-1. The molecule has 0 atom stereocenters. The molecular formula is C20H39LiO4. The van der Waals surface area contributed by atoms with Crippen molar-refractivity contribution in [3.63, 3.8) is 0 Å². The van der Waals surface area contributed by atoms with Crippen LogP contribution in [0.2, 0.25) is 0 Å². The number of carboxylic acid groups (broad SMARTS) is 2. The summed E-state index contributed by atoms with van der Waals surface area (Å²) >= 11 is 0. The van der Waals surface area contributed by atoms with Crippen molar-refractivity contribution >= 4 is 11.9 Å². The summed E-state index contributed by atoms with van der Waals surface area (Å²) in [6.07, 6.45) is 20.2. The Morgan fingerprint density at radius 2 is 0.920 bits per heavy atom. The Hall–Kier alpha value is -0.463. The van der Waals surface area contributed by atoms with Crippen LogP contribution in [0.25, 0.3) is 0 Å². The SMILES string of the molecule is CC(=O)[O-].CCCCCCCCCCCCCCCCCC(=O)O.[Li+]. The van der Waals surface area contributed by atoms with E-state index in [1.165, 1.54) is 83.5 Å². The molecule has 0 heterocycles. The van der Waals surface area contributed by atoms with Crippen molar-refractivity contribution in [3.8, 4) is 0 Å². The van der Waals surface area contributed by atoms with E-state index >= 15 is 0 Å². The minimum Gasteiger partial charge on any atom is -0.550 e. The fourth-order valence-corrected chi connectivity index (χ4v) is 2.65. The van der Waals surface area contributed by atoms with E-state index in [0.29, 0.717) is 6.42 Å². The molecule has 0 aliphatic carbocycles. The Balaban J connectivity index is -0.000000867. The van der Waals surface area contributed by atoms with Gasteiger partial charge in [-0.15, -0.1) is 0 Å². The quantitative estimate of drug-likeness (QED) is 0.342. The second kappa shape index (κ2) is 25.8. The zero-order chi connectivity index (χ0) is 18.5. The number of hydrogen-bond donors (Lipinski definition) is 1. The van der Waals surface area contributed by atoms with Crippen LogP contribution in [0.4, 0.5) is 0 Å². The molecule has 0 aliphatic heterocycles. The number of carbonyl (C=O) groups is 2. The maximum atomic E-state index is 10.3. The monoisotopic (exact) mass is 350 g/mol. The van der Waals surface area contributed by atoms with Crippen molar-refractivity contribution in [2.45, 2.75) is 117 Å². The van der Waals surface area contributed by atoms with Gasteiger partial charge in [0.15, 0.2) is 0 Å². The van der Waals surface area contributed by atoms with E-state index < -0.39 is 11.9 Å². The van der Waals surface area contributed by atoms with Crippen LogP contribution < -0.4 is 24.0 Å². The largest absolute Gasteiger partial charge is 1.00 e. The fraction of sp³-hybridized carbons (Fsp3) is 0.900. The number of carboxylic acids is 2. The fourth-order valence-electron chi connectivity index (χ4n) is 2.65. The molecule has 0 fully saturated rings. The van der Waals surface area contributed by atoms with Gasteiger partial charge in [0.1, 0.15) is 0 Å². The van der Waals surface area contributed by atoms with Crippen molar-refractivity contribution in [3.05, 3.63) is 0 Å². The van der Waals surface area contributed by atoms with E-state index in [4.69, 9.17) is 15.0 Å². The second-order valence-corrected chi connectivity index (χ2v) is 6.59. The van der Waals surface area contributed by atoms with E-state index in [1.54, 1.807) is 0 Å². The molecule has 0 rings (SSSR count). The molecule has 0 spiro atoms. The predicted molar refractivity (Wildman–Crippen MR) is 97.9 cm³/mol. The van der Waals surface area contributed by atoms with E-state index in [9.17, 15) is 4.79 Å². The predicted octanol–water partition coefficient (Wildman–Crippen LogP) is 2.09. The summed E-state index contributed by atoms with van der Waals surface area (Å²) in [6, 6.07) is 0. The van der Waals surface area contributed by atoms with Crippen molar-refractivity contribution < 1.29 is 38.7 Å². The third kappa shape index (κ3) is 39.9. The Morgan fingerprint density at radius 3 is 1.16 bits per heavy atom. The van der Waals surface area contributed by atoms with Crippen LogP contribution in [-0.4, -0.2) is 17.0 Å². The van der Waals surface area contributed by atoms with Crippen LogP contribution in [0.5, 0.6) is 0 Å². The van der Waals surface area contributed by atoms with Crippen LogP contribution in [0.15, 0.2) is 0 Å². The van der Waals surface area contributed by atoms with Gasteiger partial charge >= 0.3 is 24.8 Å². The Kier molecular flexibility index (Phi) is 30.2. The molecule has 1 N–H and O–H groups in total. The van der Waals surface area contributed by atoms with Gasteiger partial charge in [-0.2, -0.15) is 0 Å². The van der Waals surface area contributed by atoms with Gasteiger partial charge < -0.3 is 15.0 Å². The van der Waals surface area contributed by atoms with Crippen LogP contribution in [0.1, 0.15) is 117 Å². The molecule has 0 saturated heterocycles. The van der Waals surface area contributed by atoms with Crippen molar-refractivity contribution in [2.24, 2.45) is 0 Å². The molecule has 0 aromatic rings. The average molecular weight is 350 g/mol. The summed E-state index contributed by atoms with van der Waals surface area (Å²) in [6.45, 7) is 3.24. The van der Waals surface area contributed by atoms with E-state index in [1.807, 2.05) is 0 Å². The topological polar surface area (TPSA) is 77.4 Å². The molecule has 0 unspecified atom stereocenters. The molecule has 0 saturated carbocycles. The molecule has 144 valence electrons. The maximum absolute atomic E-state index is 10.3. The van der Waals surface area contributed by atoms with Gasteiger partial charge in [-0.05, 0) is 13.3 Å². The summed E-state index contributed by atoms with van der Waals surface area (Å²) < 4.78 is 0. The molecule has 25 heavy (non-hydrogen) atoms. The Morgan fingerprint density at radius 1 is 0.680 bits per heavy atom. The van der Waals surface area contributed by atoms with Gasteiger partial charge in [0.2, 0.25) is 0 Å². The van der Waals surface area contributed by atoms with Crippen molar-refractivity contribution in [2.75, 3.05) is 0 Å². The minimum atomic E-state index is -1.08. The number of hydrogen-bond acceptors (Lipinski definition) is 3. The molecule has 0 radical (unpaired) electrons. The Bertz CT molecular complexity index is 279. The zero-order valence-electron chi connectivity index (χ0n) is 17.0. The van der Waals surface area contributed by atoms with Crippen LogP contribution in [-0.2, 0) is 9.59 Å². The van der Waals surface area contributed by atoms with Gasteiger partial charge in [-0.1, -0.05) is 96.8 Å². The Labute approximate surface area is 167 Å². The van der Waals surface area contributed by atoms with Crippen molar-refractivity contribution in [1.29, 1.82) is 0 Å². The molecule has 0 aliphatic rings. The van der Waals surface area contributed by atoms with E-state index in [2.05, 4.69) is 6.92 Å². The van der Waals surface area contributed by atoms with Crippen LogP contribution in [0.3, 0.4) is 0 Å². The summed E-state index contributed by atoms with van der Waals surface area (Å²) in [5.74, 6) is -1.74. The molecular weight excluding hydrogens is 311 g/mol. The second-order valence-electron chi connectivity index (χ2n) is 6.59.